The fourth-order valence-corrected chi connectivity index (χ4v) is 2.59. The molecule has 1 aromatic carbocycles. The number of nitrogens with zero attached hydrogens (tertiary/aromatic N) is 1. The van der Waals surface area contributed by atoms with Gasteiger partial charge in [0.15, 0.2) is 0 Å². The minimum atomic E-state index is -3.64. The summed E-state index contributed by atoms with van der Waals surface area (Å²) >= 11 is 0. The maximum atomic E-state index is 12.2. The molecule has 0 amide bonds. The van der Waals surface area contributed by atoms with Gasteiger partial charge in [0.1, 0.15) is 10.7 Å². The summed E-state index contributed by atoms with van der Waals surface area (Å²) in [4.78, 5) is 3.95. The van der Waals surface area contributed by atoms with Crippen LogP contribution in [0.25, 0.3) is 0 Å². The van der Waals surface area contributed by atoms with Gasteiger partial charge < -0.3 is 5.43 Å². The molecule has 0 aliphatic rings. The summed E-state index contributed by atoms with van der Waals surface area (Å²) < 4.78 is 26.8. The minimum Gasteiger partial charge on any atom is -0.308 e. The van der Waals surface area contributed by atoms with E-state index in [9.17, 15) is 8.42 Å². The number of aryl methyl sites for hydroxylation is 1. The number of nitrogens with one attached hydrogen (secondary N) is 2. The average molecular weight is 278 g/mol. The molecule has 0 unspecified atom stereocenters. The third kappa shape index (κ3) is 3.01. The van der Waals surface area contributed by atoms with Crippen LogP contribution < -0.4 is 16.0 Å². The van der Waals surface area contributed by atoms with Crippen LogP contribution in [0.4, 0.5) is 11.5 Å². The minimum absolute atomic E-state index is 0.0785. The second-order valence-corrected chi connectivity index (χ2v) is 5.63. The number of rotatable bonds is 4. The fraction of sp³-hybridized carbons (Fsp3) is 0.0833. The Morgan fingerprint density at radius 3 is 2.47 bits per heavy atom. The van der Waals surface area contributed by atoms with Crippen LogP contribution in [0.1, 0.15) is 5.56 Å². The zero-order chi connectivity index (χ0) is 13.9. The van der Waals surface area contributed by atoms with Gasteiger partial charge in [-0.3, -0.25) is 4.72 Å². The Morgan fingerprint density at radius 2 is 1.89 bits per heavy atom. The van der Waals surface area contributed by atoms with Crippen molar-refractivity contribution in [1.82, 2.24) is 4.98 Å². The summed E-state index contributed by atoms with van der Waals surface area (Å²) in [6.45, 7) is 1.83. The largest absolute Gasteiger partial charge is 0.308 e. The molecular formula is C12H14N4O2S. The predicted molar refractivity (Wildman–Crippen MR) is 74.0 cm³/mol. The van der Waals surface area contributed by atoms with Crippen molar-refractivity contribution in [2.75, 3.05) is 10.1 Å². The Kier molecular flexibility index (Phi) is 3.68. The molecule has 6 nitrogen and oxygen atoms in total. The van der Waals surface area contributed by atoms with Crippen molar-refractivity contribution in [3.8, 4) is 0 Å². The van der Waals surface area contributed by atoms with Crippen LogP contribution >= 0.6 is 0 Å². The molecule has 0 aliphatic heterocycles. The van der Waals surface area contributed by atoms with E-state index in [4.69, 9.17) is 5.84 Å². The molecule has 2 aromatic rings. The van der Waals surface area contributed by atoms with Crippen LogP contribution in [0.15, 0.2) is 47.5 Å². The van der Waals surface area contributed by atoms with Gasteiger partial charge in [0.2, 0.25) is 0 Å². The van der Waals surface area contributed by atoms with Gasteiger partial charge in [0.05, 0.1) is 5.69 Å². The van der Waals surface area contributed by atoms with Crippen molar-refractivity contribution in [3.05, 3.63) is 48.2 Å². The molecule has 7 heteroatoms. The van der Waals surface area contributed by atoms with E-state index in [-0.39, 0.29) is 4.90 Å². The van der Waals surface area contributed by atoms with E-state index >= 15 is 0 Å². The SMILES string of the molecule is Cc1ccccc1NS(=O)(=O)c1ccc(NN)nc1. The number of para-hydroxylation sites is 1. The fourth-order valence-electron chi connectivity index (χ4n) is 1.52. The molecule has 4 N–H and O–H groups in total. The van der Waals surface area contributed by atoms with Crippen LogP contribution in [0.3, 0.4) is 0 Å². The van der Waals surface area contributed by atoms with Crippen LogP contribution in [-0.2, 0) is 10.0 Å². The first-order valence-electron chi connectivity index (χ1n) is 5.54. The summed E-state index contributed by atoms with van der Waals surface area (Å²) in [6.07, 6.45) is 1.25. The molecule has 0 saturated heterocycles. The Balaban J connectivity index is 2.30. The Morgan fingerprint density at radius 1 is 1.16 bits per heavy atom. The predicted octanol–water partition coefficient (Wildman–Crippen LogP) is 1.48. The third-order valence-corrected chi connectivity index (χ3v) is 3.93. The zero-order valence-electron chi connectivity index (χ0n) is 10.3. The summed E-state index contributed by atoms with van der Waals surface area (Å²) in [7, 11) is -3.64. The number of nitrogens with two attached hydrogens (primary N) is 1. The van der Waals surface area contributed by atoms with Crippen molar-refractivity contribution < 1.29 is 8.42 Å². The van der Waals surface area contributed by atoms with Crippen LogP contribution in [0, 0.1) is 6.92 Å². The Labute approximate surface area is 111 Å². The summed E-state index contributed by atoms with van der Waals surface area (Å²) in [5, 5.41) is 0. The lowest BCUT2D eigenvalue weighted by Crippen LogP contribution is -2.15. The first-order valence-corrected chi connectivity index (χ1v) is 7.02. The van der Waals surface area contributed by atoms with Crippen LogP contribution in [0.2, 0.25) is 0 Å². The number of hydrogen-bond acceptors (Lipinski definition) is 5. The van der Waals surface area contributed by atoms with Crippen molar-refractivity contribution >= 4 is 21.5 Å². The normalized spacial score (nSPS) is 11.1. The van der Waals surface area contributed by atoms with Gasteiger partial charge in [-0.15, -0.1) is 0 Å². The molecule has 0 atom stereocenters. The average Bonchev–Trinajstić information content (AvgIpc) is 2.41. The van der Waals surface area contributed by atoms with Crippen LogP contribution in [0.5, 0.6) is 0 Å². The smallest absolute Gasteiger partial charge is 0.263 e. The number of benzene rings is 1. The van der Waals surface area contributed by atoms with E-state index in [1.807, 2.05) is 19.1 Å². The number of hydrogen-bond donors (Lipinski definition) is 3. The van der Waals surface area contributed by atoms with Gasteiger partial charge >= 0.3 is 0 Å². The highest BCUT2D eigenvalue weighted by atomic mass is 32.2. The van der Waals surface area contributed by atoms with E-state index in [1.54, 1.807) is 12.1 Å². The molecule has 0 aliphatic carbocycles. The van der Waals surface area contributed by atoms with Gasteiger partial charge in [-0.25, -0.2) is 19.2 Å². The maximum Gasteiger partial charge on any atom is 0.263 e. The molecular weight excluding hydrogens is 264 g/mol. The highest BCUT2D eigenvalue weighted by Gasteiger charge is 2.15. The molecule has 2 rings (SSSR count). The van der Waals surface area contributed by atoms with Gasteiger partial charge in [-0.1, -0.05) is 18.2 Å². The number of pyridine rings is 1. The standard InChI is InChI=1S/C12H14N4O2S/c1-9-4-2-3-5-11(9)16-19(17,18)10-6-7-12(15-13)14-8-10/h2-8,16H,13H2,1H3,(H,14,15). The quantitative estimate of drug-likeness (QED) is 0.581. The molecule has 0 radical (unpaired) electrons. The molecule has 0 saturated carbocycles. The first-order chi connectivity index (χ1) is 9.03. The zero-order valence-corrected chi connectivity index (χ0v) is 11.1. The molecule has 0 bridgehead atoms. The van der Waals surface area contributed by atoms with E-state index in [0.29, 0.717) is 11.5 Å². The summed E-state index contributed by atoms with van der Waals surface area (Å²) in [5.41, 5.74) is 3.73. The lowest BCUT2D eigenvalue weighted by Gasteiger charge is -2.10. The first kappa shape index (κ1) is 13.3. The lowest BCUT2D eigenvalue weighted by molar-refractivity contribution is 0.601. The summed E-state index contributed by atoms with van der Waals surface area (Å²) in [6, 6.07) is 10.1. The van der Waals surface area contributed by atoms with E-state index in [2.05, 4.69) is 15.1 Å². The van der Waals surface area contributed by atoms with Crippen molar-refractivity contribution in [1.29, 1.82) is 0 Å². The van der Waals surface area contributed by atoms with Crippen molar-refractivity contribution in [3.63, 3.8) is 0 Å². The Hall–Kier alpha value is -2.12. The highest BCUT2D eigenvalue weighted by Crippen LogP contribution is 2.19. The molecule has 19 heavy (non-hydrogen) atoms. The van der Waals surface area contributed by atoms with Gasteiger partial charge in [-0.05, 0) is 30.7 Å². The third-order valence-electron chi connectivity index (χ3n) is 2.58. The number of aromatic nitrogens is 1. The van der Waals surface area contributed by atoms with Gasteiger partial charge in [-0.2, -0.15) is 0 Å². The summed E-state index contributed by atoms with van der Waals surface area (Å²) in [5.74, 6) is 5.57. The van der Waals surface area contributed by atoms with Gasteiger partial charge in [0, 0.05) is 6.20 Å². The maximum absolute atomic E-state index is 12.2. The second-order valence-electron chi connectivity index (χ2n) is 3.94. The Bertz CT molecular complexity index is 668. The molecule has 1 heterocycles. The molecule has 1 aromatic heterocycles. The molecule has 100 valence electrons. The van der Waals surface area contributed by atoms with Crippen LogP contribution in [-0.4, -0.2) is 13.4 Å². The monoisotopic (exact) mass is 278 g/mol. The van der Waals surface area contributed by atoms with Crippen molar-refractivity contribution in [2.24, 2.45) is 5.84 Å². The van der Waals surface area contributed by atoms with E-state index < -0.39 is 10.0 Å². The number of sulfonamides is 1. The van der Waals surface area contributed by atoms with E-state index in [1.165, 1.54) is 18.3 Å². The number of anilines is 2. The van der Waals surface area contributed by atoms with Gasteiger partial charge in [0.25, 0.3) is 10.0 Å². The van der Waals surface area contributed by atoms with E-state index in [0.717, 1.165) is 5.56 Å². The second kappa shape index (κ2) is 5.25. The number of hydrazine groups is 1. The molecule has 0 spiro atoms. The topological polar surface area (TPSA) is 97.1 Å². The number of nitrogen functional groups attached to an aromatic ring is 1. The lowest BCUT2D eigenvalue weighted by atomic mass is 10.2. The highest BCUT2D eigenvalue weighted by molar-refractivity contribution is 7.92. The molecule has 0 fully saturated rings. The van der Waals surface area contributed by atoms with Crippen molar-refractivity contribution in [2.45, 2.75) is 11.8 Å².